The molecular formula is C17H23FN2O. The van der Waals surface area contributed by atoms with Crippen LogP contribution in [-0.4, -0.2) is 54.3 Å². The average molecular weight is 290 g/mol. The number of carbonyl (C=O) groups excluding carboxylic acids is 1. The molecule has 21 heavy (non-hydrogen) atoms. The first-order valence-electron chi connectivity index (χ1n) is 7.82. The van der Waals surface area contributed by atoms with Crippen molar-refractivity contribution < 1.29 is 9.18 Å². The SMILES string of the molecule is CN1C2CCC1CN(CC(=O)Cc1ccc(F)cc1)CC2. The number of Topliss-reactive ketones (excluding diaryl/α,β-unsaturated/α-hetero) is 1. The molecule has 2 fully saturated rings. The number of halogens is 1. The second-order valence-corrected chi connectivity index (χ2v) is 6.42. The third kappa shape index (κ3) is 3.50. The number of rotatable bonds is 4. The Balaban J connectivity index is 1.54. The molecule has 0 aliphatic carbocycles. The third-order valence-corrected chi connectivity index (χ3v) is 4.95. The smallest absolute Gasteiger partial charge is 0.151 e. The predicted molar refractivity (Wildman–Crippen MR) is 80.7 cm³/mol. The van der Waals surface area contributed by atoms with E-state index in [9.17, 15) is 9.18 Å². The maximum Gasteiger partial charge on any atom is 0.151 e. The summed E-state index contributed by atoms with van der Waals surface area (Å²) in [6.07, 6.45) is 4.12. The van der Waals surface area contributed by atoms with E-state index >= 15 is 0 Å². The van der Waals surface area contributed by atoms with Gasteiger partial charge in [-0.2, -0.15) is 0 Å². The Bertz CT molecular complexity index is 502. The highest BCUT2D eigenvalue weighted by Gasteiger charge is 2.34. The molecule has 2 atom stereocenters. The second kappa shape index (κ2) is 6.24. The molecule has 3 rings (SSSR count). The topological polar surface area (TPSA) is 23.6 Å². The summed E-state index contributed by atoms with van der Waals surface area (Å²) in [6.45, 7) is 2.54. The van der Waals surface area contributed by atoms with Gasteiger partial charge in [-0.05, 0) is 44.0 Å². The van der Waals surface area contributed by atoms with E-state index in [2.05, 4.69) is 16.8 Å². The van der Waals surface area contributed by atoms with E-state index < -0.39 is 0 Å². The van der Waals surface area contributed by atoms with E-state index in [1.807, 2.05) is 0 Å². The van der Waals surface area contributed by atoms with Crippen LogP contribution in [0.5, 0.6) is 0 Å². The maximum absolute atomic E-state index is 12.9. The zero-order valence-corrected chi connectivity index (χ0v) is 12.6. The minimum atomic E-state index is -0.252. The van der Waals surface area contributed by atoms with Crippen molar-refractivity contribution >= 4 is 5.78 Å². The van der Waals surface area contributed by atoms with Gasteiger partial charge in [0.15, 0.2) is 5.78 Å². The number of nitrogens with zero attached hydrogens (tertiary/aromatic N) is 2. The summed E-state index contributed by atoms with van der Waals surface area (Å²) >= 11 is 0. The number of hydrogen-bond acceptors (Lipinski definition) is 3. The molecule has 0 aromatic heterocycles. The zero-order valence-electron chi connectivity index (χ0n) is 12.6. The Morgan fingerprint density at radius 1 is 1.19 bits per heavy atom. The first-order chi connectivity index (χ1) is 10.1. The number of carbonyl (C=O) groups is 1. The minimum absolute atomic E-state index is 0.224. The molecule has 2 bridgehead atoms. The summed E-state index contributed by atoms with van der Waals surface area (Å²) in [5.41, 5.74) is 0.898. The van der Waals surface area contributed by atoms with E-state index in [4.69, 9.17) is 0 Å². The summed E-state index contributed by atoms with van der Waals surface area (Å²) in [5.74, 6) is -0.0279. The molecule has 2 saturated heterocycles. The van der Waals surface area contributed by atoms with E-state index in [1.54, 1.807) is 12.1 Å². The number of likely N-dealkylation sites (tertiary alicyclic amines) is 1. The van der Waals surface area contributed by atoms with Crippen molar-refractivity contribution in [2.45, 2.75) is 37.8 Å². The Morgan fingerprint density at radius 2 is 1.90 bits per heavy atom. The zero-order chi connectivity index (χ0) is 14.8. The molecule has 0 saturated carbocycles. The van der Waals surface area contributed by atoms with E-state index in [-0.39, 0.29) is 11.6 Å². The van der Waals surface area contributed by atoms with Crippen molar-refractivity contribution in [2.75, 3.05) is 26.7 Å². The maximum atomic E-state index is 12.9. The molecule has 2 aliphatic heterocycles. The molecule has 0 N–H and O–H groups in total. The van der Waals surface area contributed by atoms with Crippen LogP contribution in [-0.2, 0) is 11.2 Å². The van der Waals surface area contributed by atoms with Gasteiger partial charge >= 0.3 is 0 Å². The minimum Gasteiger partial charge on any atom is -0.299 e. The van der Waals surface area contributed by atoms with E-state index in [0.717, 1.165) is 25.1 Å². The van der Waals surface area contributed by atoms with Crippen molar-refractivity contribution in [3.63, 3.8) is 0 Å². The largest absolute Gasteiger partial charge is 0.299 e. The molecule has 2 unspecified atom stereocenters. The van der Waals surface area contributed by atoms with Crippen molar-refractivity contribution in [1.29, 1.82) is 0 Å². The lowest BCUT2D eigenvalue weighted by Gasteiger charge is -2.25. The Labute approximate surface area is 125 Å². The van der Waals surface area contributed by atoms with Gasteiger partial charge < -0.3 is 0 Å². The first-order valence-corrected chi connectivity index (χ1v) is 7.82. The number of hydrogen-bond donors (Lipinski definition) is 0. The van der Waals surface area contributed by atoms with Gasteiger partial charge in [0.1, 0.15) is 5.82 Å². The molecule has 114 valence electrons. The summed E-state index contributed by atoms with van der Waals surface area (Å²) < 4.78 is 12.9. The highest BCUT2D eigenvalue weighted by molar-refractivity contribution is 5.82. The monoisotopic (exact) mass is 290 g/mol. The average Bonchev–Trinajstić information content (AvgIpc) is 2.70. The highest BCUT2D eigenvalue weighted by Crippen LogP contribution is 2.28. The van der Waals surface area contributed by atoms with Gasteiger partial charge in [0.05, 0.1) is 6.54 Å². The molecule has 2 aliphatic rings. The van der Waals surface area contributed by atoms with Crippen LogP contribution in [0.15, 0.2) is 24.3 Å². The first kappa shape index (κ1) is 14.7. The summed E-state index contributed by atoms with van der Waals surface area (Å²) in [6, 6.07) is 7.55. The fourth-order valence-corrected chi connectivity index (χ4v) is 3.66. The number of ketones is 1. The van der Waals surface area contributed by atoms with Gasteiger partial charge in [0, 0.05) is 31.6 Å². The van der Waals surface area contributed by atoms with Gasteiger partial charge in [-0.3, -0.25) is 14.6 Å². The van der Waals surface area contributed by atoms with Crippen LogP contribution >= 0.6 is 0 Å². The van der Waals surface area contributed by atoms with Crippen LogP contribution in [0.25, 0.3) is 0 Å². The van der Waals surface area contributed by atoms with Gasteiger partial charge in [-0.15, -0.1) is 0 Å². The van der Waals surface area contributed by atoms with Crippen LogP contribution in [0.1, 0.15) is 24.8 Å². The Kier molecular flexibility index (Phi) is 4.36. The fourth-order valence-electron chi connectivity index (χ4n) is 3.66. The van der Waals surface area contributed by atoms with Crippen molar-refractivity contribution in [2.24, 2.45) is 0 Å². The lowest BCUT2D eigenvalue weighted by atomic mass is 10.1. The second-order valence-electron chi connectivity index (χ2n) is 6.42. The van der Waals surface area contributed by atoms with Gasteiger partial charge in [0.25, 0.3) is 0 Å². The standard InChI is InChI=1S/C17H23FN2O/c1-19-15-6-7-16(19)11-20(9-8-15)12-17(21)10-13-2-4-14(18)5-3-13/h2-5,15-16H,6-12H2,1H3. The molecule has 0 spiro atoms. The molecule has 1 aromatic rings. The third-order valence-electron chi connectivity index (χ3n) is 4.95. The van der Waals surface area contributed by atoms with Crippen LogP contribution in [0.2, 0.25) is 0 Å². The number of benzene rings is 1. The van der Waals surface area contributed by atoms with Gasteiger partial charge in [-0.25, -0.2) is 4.39 Å². The molecule has 3 nitrogen and oxygen atoms in total. The lowest BCUT2D eigenvalue weighted by Crippen LogP contribution is -2.39. The van der Waals surface area contributed by atoms with Crippen molar-refractivity contribution in [3.05, 3.63) is 35.6 Å². The molecule has 0 amide bonds. The molecule has 4 heteroatoms. The number of likely N-dealkylation sites (N-methyl/N-ethyl adjacent to an activating group) is 1. The van der Waals surface area contributed by atoms with Crippen LogP contribution in [0.4, 0.5) is 4.39 Å². The molecule has 0 radical (unpaired) electrons. The van der Waals surface area contributed by atoms with Crippen LogP contribution in [0.3, 0.4) is 0 Å². The summed E-state index contributed by atoms with van der Waals surface area (Å²) in [5, 5.41) is 0. The Morgan fingerprint density at radius 3 is 2.67 bits per heavy atom. The van der Waals surface area contributed by atoms with Gasteiger partial charge in [-0.1, -0.05) is 12.1 Å². The quantitative estimate of drug-likeness (QED) is 0.848. The molecular weight excluding hydrogens is 267 g/mol. The van der Waals surface area contributed by atoms with E-state index in [0.29, 0.717) is 25.0 Å². The van der Waals surface area contributed by atoms with Crippen LogP contribution < -0.4 is 0 Å². The Hall–Kier alpha value is -1.26. The molecule has 1 aromatic carbocycles. The predicted octanol–water partition coefficient (Wildman–Crippen LogP) is 2.11. The fraction of sp³-hybridized carbons (Fsp3) is 0.588. The van der Waals surface area contributed by atoms with Gasteiger partial charge in [0.2, 0.25) is 0 Å². The van der Waals surface area contributed by atoms with Crippen LogP contribution in [0, 0.1) is 5.82 Å². The van der Waals surface area contributed by atoms with Crippen molar-refractivity contribution in [1.82, 2.24) is 9.80 Å². The van der Waals surface area contributed by atoms with E-state index in [1.165, 1.54) is 25.0 Å². The van der Waals surface area contributed by atoms with Crippen molar-refractivity contribution in [3.8, 4) is 0 Å². The molecule has 2 heterocycles. The summed E-state index contributed by atoms with van der Waals surface area (Å²) in [4.78, 5) is 17.0. The highest BCUT2D eigenvalue weighted by atomic mass is 19.1. The lowest BCUT2D eigenvalue weighted by molar-refractivity contribution is -0.119. The normalized spacial score (nSPS) is 26.8. The summed E-state index contributed by atoms with van der Waals surface area (Å²) in [7, 11) is 2.21. The number of fused-ring (bicyclic) bond motifs is 2.